The van der Waals surface area contributed by atoms with Crippen molar-refractivity contribution in [1.29, 1.82) is 0 Å². The summed E-state index contributed by atoms with van der Waals surface area (Å²) in [4.78, 5) is 22.7. The number of rotatable bonds is 4. The van der Waals surface area contributed by atoms with E-state index in [2.05, 4.69) is 12.2 Å². The Labute approximate surface area is 112 Å². The van der Waals surface area contributed by atoms with Gasteiger partial charge in [0.05, 0.1) is 5.56 Å². The van der Waals surface area contributed by atoms with Gasteiger partial charge in [0.2, 0.25) is 5.91 Å². The molecule has 1 saturated carbocycles. The van der Waals surface area contributed by atoms with Crippen LogP contribution in [-0.4, -0.2) is 17.0 Å². The van der Waals surface area contributed by atoms with Crippen LogP contribution < -0.4 is 5.32 Å². The fraction of sp³-hybridized carbons (Fsp3) is 0.467. The number of hydrogen-bond acceptors (Lipinski definition) is 2. The highest BCUT2D eigenvalue weighted by Crippen LogP contribution is 2.31. The number of benzene rings is 1. The molecule has 1 aliphatic carbocycles. The highest BCUT2D eigenvalue weighted by atomic mass is 16.4. The molecule has 0 radical (unpaired) electrons. The molecule has 4 heteroatoms. The summed E-state index contributed by atoms with van der Waals surface area (Å²) in [6.07, 6.45) is 3.24. The van der Waals surface area contributed by atoms with Crippen molar-refractivity contribution in [3.05, 3.63) is 35.4 Å². The van der Waals surface area contributed by atoms with Gasteiger partial charge in [0.1, 0.15) is 0 Å². The number of carboxylic acids is 1. The summed E-state index contributed by atoms with van der Waals surface area (Å²) in [5, 5.41) is 11.7. The first-order valence-electron chi connectivity index (χ1n) is 6.68. The van der Waals surface area contributed by atoms with Gasteiger partial charge < -0.3 is 10.4 Å². The van der Waals surface area contributed by atoms with Gasteiger partial charge in [-0.15, -0.1) is 0 Å². The molecule has 2 atom stereocenters. The third kappa shape index (κ3) is 3.34. The summed E-state index contributed by atoms with van der Waals surface area (Å²) < 4.78 is 0. The Kier molecular flexibility index (Phi) is 4.20. The topological polar surface area (TPSA) is 66.4 Å². The number of carboxylic acid groups (broad SMARTS) is 1. The van der Waals surface area contributed by atoms with E-state index in [9.17, 15) is 9.59 Å². The SMILES string of the molecule is CC1CCCC1C(=O)NCc1ccc(C(=O)O)cc1. The van der Waals surface area contributed by atoms with Crippen LogP contribution in [-0.2, 0) is 11.3 Å². The lowest BCUT2D eigenvalue weighted by atomic mass is 9.97. The zero-order valence-electron chi connectivity index (χ0n) is 11.1. The Balaban J connectivity index is 1.88. The van der Waals surface area contributed by atoms with E-state index < -0.39 is 5.97 Å². The number of nitrogens with one attached hydrogen (secondary N) is 1. The van der Waals surface area contributed by atoms with Gasteiger partial charge in [-0.1, -0.05) is 25.5 Å². The minimum atomic E-state index is -0.935. The van der Waals surface area contributed by atoms with Crippen LogP contribution in [0.1, 0.15) is 42.1 Å². The molecule has 2 rings (SSSR count). The molecule has 4 nitrogen and oxygen atoms in total. The number of carbonyl (C=O) groups excluding carboxylic acids is 1. The second kappa shape index (κ2) is 5.87. The van der Waals surface area contributed by atoms with Gasteiger partial charge in [-0.25, -0.2) is 4.79 Å². The molecule has 1 amide bonds. The van der Waals surface area contributed by atoms with Gasteiger partial charge in [-0.2, -0.15) is 0 Å². The van der Waals surface area contributed by atoms with Crippen LogP contribution in [0.4, 0.5) is 0 Å². The highest BCUT2D eigenvalue weighted by molar-refractivity contribution is 5.87. The Morgan fingerprint density at radius 1 is 1.26 bits per heavy atom. The van der Waals surface area contributed by atoms with Crippen LogP contribution in [0.3, 0.4) is 0 Å². The average Bonchev–Trinajstić information content (AvgIpc) is 2.83. The van der Waals surface area contributed by atoms with Crippen molar-refractivity contribution in [2.75, 3.05) is 0 Å². The van der Waals surface area contributed by atoms with Gasteiger partial charge in [0.25, 0.3) is 0 Å². The van der Waals surface area contributed by atoms with Crippen LogP contribution in [0.25, 0.3) is 0 Å². The van der Waals surface area contributed by atoms with Gasteiger partial charge in [-0.05, 0) is 36.5 Å². The average molecular weight is 261 g/mol. The lowest BCUT2D eigenvalue weighted by Crippen LogP contribution is -2.31. The molecule has 0 spiro atoms. The molecule has 2 N–H and O–H groups in total. The predicted octanol–water partition coefficient (Wildman–Crippen LogP) is 2.44. The Bertz CT molecular complexity index is 467. The van der Waals surface area contributed by atoms with Crippen LogP contribution >= 0.6 is 0 Å². The second-order valence-electron chi connectivity index (χ2n) is 5.23. The van der Waals surface area contributed by atoms with E-state index in [1.54, 1.807) is 24.3 Å². The van der Waals surface area contributed by atoms with Gasteiger partial charge in [-0.3, -0.25) is 4.79 Å². The van der Waals surface area contributed by atoms with Crippen LogP contribution in [0.15, 0.2) is 24.3 Å². The van der Waals surface area contributed by atoms with Crippen molar-refractivity contribution in [2.45, 2.75) is 32.7 Å². The predicted molar refractivity (Wildman–Crippen MR) is 71.8 cm³/mol. The molecule has 0 aliphatic heterocycles. The molecule has 0 aromatic heterocycles. The third-order valence-electron chi connectivity index (χ3n) is 3.87. The molecule has 1 aromatic rings. The second-order valence-corrected chi connectivity index (χ2v) is 5.23. The quantitative estimate of drug-likeness (QED) is 0.874. The van der Waals surface area contributed by atoms with E-state index in [0.29, 0.717) is 12.5 Å². The summed E-state index contributed by atoms with van der Waals surface area (Å²) in [5.74, 6) is -0.213. The number of amides is 1. The third-order valence-corrected chi connectivity index (χ3v) is 3.87. The molecular weight excluding hydrogens is 242 g/mol. The van der Waals surface area contributed by atoms with E-state index >= 15 is 0 Å². The lowest BCUT2D eigenvalue weighted by Gasteiger charge is -2.15. The van der Waals surface area contributed by atoms with Crippen molar-refractivity contribution in [3.8, 4) is 0 Å². The van der Waals surface area contributed by atoms with Crippen LogP contribution in [0.2, 0.25) is 0 Å². The highest BCUT2D eigenvalue weighted by Gasteiger charge is 2.29. The van der Waals surface area contributed by atoms with Crippen molar-refractivity contribution >= 4 is 11.9 Å². The molecule has 0 heterocycles. The van der Waals surface area contributed by atoms with Crippen molar-refractivity contribution in [3.63, 3.8) is 0 Å². The smallest absolute Gasteiger partial charge is 0.335 e. The maximum atomic E-state index is 12.0. The van der Waals surface area contributed by atoms with E-state index in [1.807, 2.05) is 0 Å². The van der Waals surface area contributed by atoms with Gasteiger partial charge in [0, 0.05) is 12.5 Å². The molecular formula is C15H19NO3. The summed E-state index contributed by atoms with van der Waals surface area (Å²) in [5.41, 5.74) is 1.18. The molecule has 2 unspecified atom stereocenters. The zero-order valence-corrected chi connectivity index (χ0v) is 11.1. The maximum Gasteiger partial charge on any atom is 0.335 e. The number of aromatic carboxylic acids is 1. The minimum absolute atomic E-state index is 0.118. The maximum absolute atomic E-state index is 12.0. The van der Waals surface area contributed by atoms with E-state index in [4.69, 9.17) is 5.11 Å². The Morgan fingerprint density at radius 2 is 1.95 bits per heavy atom. The summed E-state index contributed by atoms with van der Waals surface area (Å²) >= 11 is 0. The molecule has 1 aliphatic rings. The first-order valence-corrected chi connectivity index (χ1v) is 6.68. The summed E-state index contributed by atoms with van der Waals surface area (Å²) in [6.45, 7) is 2.58. The van der Waals surface area contributed by atoms with Crippen molar-refractivity contribution < 1.29 is 14.7 Å². The number of carbonyl (C=O) groups is 2. The standard InChI is InChI=1S/C15H19NO3/c1-10-3-2-4-13(10)14(17)16-9-11-5-7-12(8-6-11)15(18)19/h5-8,10,13H,2-4,9H2,1H3,(H,16,17)(H,18,19). The lowest BCUT2D eigenvalue weighted by molar-refractivity contribution is -0.126. The fourth-order valence-corrected chi connectivity index (χ4v) is 2.62. The van der Waals surface area contributed by atoms with Crippen molar-refractivity contribution in [1.82, 2.24) is 5.32 Å². The molecule has 0 saturated heterocycles. The first kappa shape index (κ1) is 13.6. The van der Waals surface area contributed by atoms with Gasteiger partial charge in [0.15, 0.2) is 0 Å². The molecule has 1 aromatic carbocycles. The van der Waals surface area contributed by atoms with E-state index in [1.165, 1.54) is 0 Å². The van der Waals surface area contributed by atoms with Crippen molar-refractivity contribution in [2.24, 2.45) is 11.8 Å². The summed E-state index contributed by atoms with van der Waals surface area (Å²) in [6, 6.07) is 6.59. The first-order chi connectivity index (χ1) is 9.08. The molecule has 102 valence electrons. The van der Waals surface area contributed by atoms with E-state index in [0.717, 1.165) is 24.8 Å². The number of hydrogen-bond donors (Lipinski definition) is 2. The molecule has 0 bridgehead atoms. The minimum Gasteiger partial charge on any atom is -0.478 e. The van der Waals surface area contributed by atoms with Gasteiger partial charge >= 0.3 is 5.97 Å². The molecule has 19 heavy (non-hydrogen) atoms. The largest absolute Gasteiger partial charge is 0.478 e. The zero-order chi connectivity index (χ0) is 13.8. The van der Waals surface area contributed by atoms with Crippen LogP contribution in [0, 0.1) is 11.8 Å². The Morgan fingerprint density at radius 3 is 2.47 bits per heavy atom. The Hall–Kier alpha value is -1.84. The monoisotopic (exact) mass is 261 g/mol. The van der Waals surface area contributed by atoms with Crippen LogP contribution in [0.5, 0.6) is 0 Å². The molecule has 1 fully saturated rings. The summed E-state index contributed by atoms with van der Waals surface area (Å²) in [7, 11) is 0. The van der Waals surface area contributed by atoms with E-state index in [-0.39, 0.29) is 17.4 Å². The normalized spacial score (nSPS) is 22.2. The fourth-order valence-electron chi connectivity index (χ4n) is 2.62.